The average molecular weight is 279 g/mol. The van der Waals surface area contributed by atoms with E-state index in [9.17, 15) is 14.4 Å². The molecule has 0 spiro atoms. The molecule has 0 fully saturated rings. The number of carboxylic acids is 3. The highest BCUT2D eigenvalue weighted by molar-refractivity contribution is 5.74. The van der Waals surface area contributed by atoms with Gasteiger partial charge in [0.15, 0.2) is 0 Å². The molecule has 0 aromatic rings. The summed E-state index contributed by atoms with van der Waals surface area (Å²) in [6.07, 6.45) is 0.914. The summed E-state index contributed by atoms with van der Waals surface area (Å²) in [4.78, 5) is 29.9. The number of hydrogen-bond donors (Lipinski definition) is 6. The molecule has 9 N–H and O–H groups in total. The van der Waals surface area contributed by atoms with Crippen LogP contribution < -0.4 is 17.2 Å². The van der Waals surface area contributed by atoms with Gasteiger partial charge in [-0.3, -0.25) is 14.4 Å². The van der Waals surface area contributed by atoms with Crippen molar-refractivity contribution in [1.82, 2.24) is 0 Å². The van der Waals surface area contributed by atoms with Crippen molar-refractivity contribution in [2.45, 2.75) is 37.8 Å². The molecule has 0 aliphatic carbocycles. The van der Waals surface area contributed by atoms with Gasteiger partial charge < -0.3 is 32.5 Å². The fourth-order valence-electron chi connectivity index (χ4n) is 0.864. The van der Waals surface area contributed by atoms with E-state index in [0.29, 0.717) is 19.4 Å². The molecule has 0 rings (SSSR count). The van der Waals surface area contributed by atoms with Crippen LogP contribution in [0, 0.1) is 0 Å². The summed E-state index contributed by atoms with van der Waals surface area (Å²) in [5.41, 5.74) is 15.3. The molecule has 0 radical (unpaired) electrons. The maximum absolute atomic E-state index is 10.0. The zero-order valence-electron chi connectivity index (χ0n) is 10.5. The van der Waals surface area contributed by atoms with Gasteiger partial charge in [0.2, 0.25) is 0 Å². The normalized spacial score (nSPS) is 12.8. The predicted octanol–water partition coefficient (Wildman–Crippen LogP) is -1.60. The fourth-order valence-corrected chi connectivity index (χ4v) is 0.864. The standard InChI is InChI=1S/C5H12N2O2.C5H9NO4/c6-3-1-2-4(7)5(8)9;6-3(5(9)10)1-2-4(7)8/h4H,1-3,6-7H2,(H,8,9);3H,1-2,6H2,(H,7,8)(H,9,10)/t4-;3-/m00/s1. The predicted molar refractivity (Wildman–Crippen MR) is 66.4 cm³/mol. The largest absolute Gasteiger partial charge is 0.481 e. The molecule has 0 bridgehead atoms. The smallest absolute Gasteiger partial charge is 0.320 e. The quantitative estimate of drug-likeness (QED) is 0.303. The Morgan fingerprint density at radius 2 is 1.32 bits per heavy atom. The van der Waals surface area contributed by atoms with E-state index in [1.807, 2.05) is 0 Å². The Hall–Kier alpha value is -1.71. The second-order valence-electron chi connectivity index (χ2n) is 3.75. The molecule has 0 saturated carbocycles. The first-order chi connectivity index (χ1) is 8.72. The minimum Gasteiger partial charge on any atom is -0.481 e. The maximum Gasteiger partial charge on any atom is 0.320 e. The third kappa shape index (κ3) is 14.2. The van der Waals surface area contributed by atoms with Crippen LogP contribution in [0.5, 0.6) is 0 Å². The van der Waals surface area contributed by atoms with Gasteiger partial charge in [0.1, 0.15) is 12.1 Å². The minimum absolute atomic E-state index is 0.0231. The van der Waals surface area contributed by atoms with Crippen LogP contribution in [0.25, 0.3) is 0 Å². The van der Waals surface area contributed by atoms with Crippen LogP contribution in [0.2, 0.25) is 0 Å². The second kappa shape index (κ2) is 11.4. The van der Waals surface area contributed by atoms with Crippen LogP contribution in [-0.2, 0) is 14.4 Å². The SMILES string of the molecule is NCCC[C@H](N)C(=O)O.N[C@@H](CCC(=O)O)C(=O)O. The van der Waals surface area contributed by atoms with E-state index >= 15 is 0 Å². The number of carbonyl (C=O) groups is 3. The van der Waals surface area contributed by atoms with Crippen LogP contribution in [0.15, 0.2) is 0 Å². The van der Waals surface area contributed by atoms with E-state index in [1.54, 1.807) is 0 Å². The van der Waals surface area contributed by atoms with E-state index in [-0.39, 0.29) is 12.8 Å². The molecular formula is C10H21N3O6. The monoisotopic (exact) mass is 279 g/mol. The zero-order valence-corrected chi connectivity index (χ0v) is 10.5. The van der Waals surface area contributed by atoms with Gasteiger partial charge in [0.05, 0.1) is 0 Å². The number of nitrogens with two attached hydrogens (primary N) is 3. The highest BCUT2D eigenvalue weighted by Crippen LogP contribution is 1.93. The first kappa shape index (κ1) is 19.6. The molecule has 0 saturated heterocycles. The van der Waals surface area contributed by atoms with Crippen molar-refractivity contribution in [2.24, 2.45) is 17.2 Å². The molecule has 0 unspecified atom stereocenters. The molecule has 0 aromatic heterocycles. The summed E-state index contributed by atoms with van der Waals surface area (Å²) >= 11 is 0. The summed E-state index contributed by atoms with van der Waals surface area (Å²) in [6.45, 7) is 0.501. The topological polar surface area (TPSA) is 190 Å². The van der Waals surface area contributed by atoms with Crippen LogP contribution in [-0.4, -0.2) is 51.9 Å². The van der Waals surface area contributed by atoms with Crippen molar-refractivity contribution in [2.75, 3.05) is 6.54 Å². The average Bonchev–Trinajstić information content (AvgIpc) is 2.33. The summed E-state index contributed by atoms with van der Waals surface area (Å²) in [5, 5.41) is 24.5. The lowest BCUT2D eigenvalue weighted by atomic mass is 10.2. The van der Waals surface area contributed by atoms with Crippen LogP contribution in [0.1, 0.15) is 25.7 Å². The number of hydrogen-bond acceptors (Lipinski definition) is 6. The van der Waals surface area contributed by atoms with Crippen molar-refractivity contribution in [3.8, 4) is 0 Å². The zero-order chi connectivity index (χ0) is 15.4. The molecule has 0 aliphatic heterocycles. The first-order valence-electron chi connectivity index (χ1n) is 5.61. The van der Waals surface area contributed by atoms with Gasteiger partial charge in [-0.15, -0.1) is 0 Å². The Morgan fingerprint density at radius 1 is 0.895 bits per heavy atom. The van der Waals surface area contributed by atoms with Crippen molar-refractivity contribution < 1.29 is 29.7 Å². The minimum atomic E-state index is -1.17. The number of rotatable bonds is 8. The van der Waals surface area contributed by atoms with Crippen molar-refractivity contribution in [3.05, 3.63) is 0 Å². The summed E-state index contributed by atoms with van der Waals surface area (Å²) in [6, 6.07) is -1.80. The Kier molecular flexibility index (Phi) is 11.8. The number of aliphatic carboxylic acids is 3. The van der Waals surface area contributed by atoms with Gasteiger partial charge in [-0.25, -0.2) is 0 Å². The summed E-state index contributed by atoms with van der Waals surface area (Å²) in [7, 11) is 0. The molecule has 9 heteroatoms. The van der Waals surface area contributed by atoms with Gasteiger partial charge in [0, 0.05) is 6.42 Å². The van der Waals surface area contributed by atoms with E-state index in [2.05, 4.69) is 0 Å². The van der Waals surface area contributed by atoms with Crippen LogP contribution >= 0.6 is 0 Å². The van der Waals surface area contributed by atoms with Crippen LogP contribution in [0.4, 0.5) is 0 Å². The van der Waals surface area contributed by atoms with E-state index in [4.69, 9.17) is 32.5 Å². The molecule has 0 aromatic carbocycles. The molecule has 0 amide bonds. The van der Waals surface area contributed by atoms with E-state index in [0.717, 1.165) is 0 Å². The molecule has 9 nitrogen and oxygen atoms in total. The Bertz CT molecular complexity index is 297. The molecule has 0 heterocycles. The number of carboxylic acid groups (broad SMARTS) is 3. The second-order valence-corrected chi connectivity index (χ2v) is 3.75. The van der Waals surface area contributed by atoms with Gasteiger partial charge in [-0.05, 0) is 25.8 Å². The third-order valence-electron chi connectivity index (χ3n) is 2.02. The van der Waals surface area contributed by atoms with E-state index < -0.39 is 30.0 Å². The lowest BCUT2D eigenvalue weighted by Crippen LogP contribution is -2.30. The van der Waals surface area contributed by atoms with Gasteiger partial charge in [-0.2, -0.15) is 0 Å². The fraction of sp³-hybridized carbons (Fsp3) is 0.700. The van der Waals surface area contributed by atoms with Crippen molar-refractivity contribution in [1.29, 1.82) is 0 Å². The first-order valence-corrected chi connectivity index (χ1v) is 5.61. The van der Waals surface area contributed by atoms with Gasteiger partial charge in [-0.1, -0.05) is 0 Å². The maximum atomic E-state index is 10.0. The Labute approximate surface area is 110 Å². The summed E-state index contributed by atoms with van der Waals surface area (Å²) in [5.74, 6) is -3.15. The molecule has 2 atom stereocenters. The highest BCUT2D eigenvalue weighted by atomic mass is 16.4. The summed E-state index contributed by atoms with van der Waals surface area (Å²) < 4.78 is 0. The van der Waals surface area contributed by atoms with Crippen molar-refractivity contribution in [3.63, 3.8) is 0 Å². The molecule has 0 aliphatic rings. The van der Waals surface area contributed by atoms with Crippen LogP contribution in [0.3, 0.4) is 0 Å². The third-order valence-corrected chi connectivity index (χ3v) is 2.02. The molecule has 19 heavy (non-hydrogen) atoms. The lowest BCUT2D eigenvalue weighted by molar-refractivity contribution is -0.140. The Morgan fingerprint density at radius 3 is 1.63 bits per heavy atom. The highest BCUT2D eigenvalue weighted by Gasteiger charge is 2.12. The molecule has 112 valence electrons. The lowest BCUT2D eigenvalue weighted by Gasteiger charge is -2.02. The van der Waals surface area contributed by atoms with E-state index in [1.165, 1.54) is 0 Å². The van der Waals surface area contributed by atoms with Gasteiger partial charge in [0.25, 0.3) is 0 Å². The Balaban J connectivity index is 0. The molecular weight excluding hydrogens is 258 g/mol. The van der Waals surface area contributed by atoms with Crippen molar-refractivity contribution >= 4 is 17.9 Å². The van der Waals surface area contributed by atoms with Gasteiger partial charge >= 0.3 is 17.9 Å².